The first-order chi connectivity index (χ1) is 9.33. The normalized spacial score (nSPS) is 20.8. The maximum atomic E-state index is 12.0. The zero-order valence-corrected chi connectivity index (χ0v) is 12.6. The first-order valence-electron chi connectivity index (χ1n) is 6.97. The summed E-state index contributed by atoms with van der Waals surface area (Å²) < 4.78 is 0.536. The average Bonchev–Trinajstić information content (AvgIpc) is 2.38. The van der Waals surface area contributed by atoms with E-state index in [1.54, 1.807) is 0 Å². The van der Waals surface area contributed by atoms with Gasteiger partial charge in [-0.25, -0.2) is 0 Å². The minimum atomic E-state index is 0.201. The lowest BCUT2D eigenvalue weighted by atomic mass is 9.85. The molecule has 1 saturated heterocycles. The van der Waals surface area contributed by atoms with Crippen LogP contribution in [0.5, 0.6) is 0 Å². The third-order valence-electron chi connectivity index (χ3n) is 3.73. The largest absolute Gasteiger partial charge is 0.326 e. The second-order valence-corrected chi connectivity index (χ2v) is 7.89. The van der Waals surface area contributed by atoms with Gasteiger partial charge in [-0.05, 0) is 48.5 Å². The third-order valence-corrected chi connectivity index (χ3v) is 6.74. The van der Waals surface area contributed by atoms with Gasteiger partial charge in [-0.15, -0.1) is 23.5 Å². The van der Waals surface area contributed by atoms with E-state index >= 15 is 0 Å². The van der Waals surface area contributed by atoms with E-state index in [1.807, 2.05) is 29.6 Å². The number of hydrogen-bond donors (Lipinski definition) is 1. The van der Waals surface area contributed by atoms with Gasteiger partial charge >= 0.3 is 0 Å². The summed E-state index contributed by atoms with van der Waals surface area (Å²) in [7, 11) is 0. The molecule has 0 radical (unpaired) electrons. The third kappa shape index (κ3) is 3.29. The Bertz CT molecular complexity index is 453. The van der Waals surface area contributed by atoms with E-state index in [1.165, 1.54) is 29.9 Å². The number of nitrogens with one attached hydrogen (secondary N) is 1. The van der Waals surface area contributed by atoms with Gasteiger partial charge < -0.3 is 5.32 Å². The van der Waals surface area contributed by atoms with Crippen molar-refractivity contribution in [1.82, 2.24) is 0 Å². The summed E-state index contributed by atoms with van der Waals surface area (Å²) in [5.41, 5.74) is 2.29. The molecule has 0 spiro atoms. The van der Waals surface area contributed by atoms with Crippen LogP contribution in [0.25, 0.3) is 0 Å². The quantitative estimate of drug-likeness (QED) is 0.901. The van der Waals surface area contributed by atoms with Crippen LogP contribution >= 0.6 is 23.5 Å². The highest BCUT2D eigenvalue weighted by Crippen LogP contribution is 2.44. The number of carbonyl (C=O) groups is 1. The maximum absolute atomic E-state index is 12.0. The Kier molecular flexibility index (Phi) is 4.38. The van der Waals surface area contributed by atoms with Crippen molar-refractivity contribution in [3.05, 3.63) is 29.8 Å². The number of thioether (sulfide) groups is 2. The van der Waals surface area contributed by atoms with Gasteiger partial charge in [0.2, 0.25) is 5.91 Å². The molecule has 0 bridgehead atoms. The summed E-state index contributed by atoms with van der Waals surface area (Å²) >= 11 is 4.03. The topological polar surface area (TPSA) is 29.1 Å². The second kappa shape index (κ2) is 6.23. The minimum Gasteiger partial charge on any atom is -0.326 e. The van der Waals surface area contributed by atoms with Crippen LogP contribution in [-0.2, 0) is 4.79 Å². The molecular formula is C15H19NOS2. The van der Waals surface area contributed by atoms with Crippen molar-refractivity contribution >= 4 is 35.1 Å². The molecule has 3 rings (SSSR count). The zero-order chi connectivity index (χ0) is 13.1. The Morgan fingerprint density at radius 3 is 2.63 bits per heavy atom. The van der Waals surface area contributed by atoms with Gasteiger partial charge in [0.05, 0.1) is 4.58 Å². The van der Waals surface area contributed by atoms with Gasteiger partial charge in [-0.1, -0.05) is 18.6 Å². The number of hydrogen-bond acceptors (Lipinski definition) is 3. The van der Waals surface area contributed by atoms with E-state index in [9.17, 15) is 4.79 Å². The predicted octanol–water partition coefficient (Wildman–Crippen LogP) is 4.29. The lowest BCUT2D eigenvalue weighted by Crippen LogP contribution is -2.28. The van der Waals surface area contributed by atoms with Crippen LogP contribution in [0.15, 0.2) is 24.3 Å². The molecule has 1 aromatic carbocycles. The fourth-order valence-electron chi connectivity index (χ4n) is 2.36. The molecule has 19 heavy (non-hydrogen) atoms. The monoisotopic (exact) mass is 293 g/mol. The minimum absolute atomic E-state index is 0.201. The van der Waals surface area contributed by atoms with Gasteiger partial charge in [0, 0.05) is 11.6 Å². The van der Waals surface area contributed by atoms with E-state index in [0.29, 0.717) is 4.58 Å². The fourth-order valence-corrected chi connectivity index (χ4v) is 5.23. The summed E-state index contributed by atoms with van der Waals surface area (Å²) in [5, 5.41) is 3.07. The highest BCUT2D eigenvalue weighted by Gasteiger charge is 2.25. The Balaban J connectivity index is 1.66. The summed E-state index contributed by atoms with van der Waals surface area (Å²) in [6, 6.07) is 8.38. The van der Waals surface area contributed by atoms with Crippen molar-refractivity contribution in [3.8, 4) is 0 Å². The smallest absolute Gasteiger partial charge is 0.227 e. The molecular weight excluding hydrogens is 274 g/mol. The fraction of sp³-hybridized carbons (Fsp3) is 0.533. The summed E-state index contributed by atoms with van der Waals surface area (Å²) in [6.07, 6.45) is 4.62. The number of amides is 1. The number of rotatable bonds is 3. The number of carbonyl (C=O) groups excluding carboxylic acids is 1. The van der Waals surface area contributed by atoms with Crippen LogP contribution in [0.3, 0.4) is 0 Å². The number of benzene rings is 1. The van der Waals surface area contributed by atoms with Gasteiger partial charge in [-0.3, -0.25) is 4.79 Å². The lowest BCUT2D eigenvalue weighted by Gasteiger charge is -2.25. The average molecular weight is 293 g/mol. The summed E-state index contributed by atoms with van der Waals surface area (Å²) in [4.78, 5) is 12.0. The second-order valence-electron chi connectivity index (χ2n) is 5.17. The van der Waals surface area contributed by atoms with Crippen molar-refractivity contribution in [2.75, 3.05) is 16.8 Å². The van der Waals surface area contributed by atoms with Crippen LogP contribution in [-0.4, -0.2) is 17.4 Å². The lowest BCUT2D eigenvalue weighted by molar-refractivity contribution is -0.122. The van der Waals surface area contributed by atoms with Crippen LogP contribution in [0.1, 0.15) is 35.8 Å². The molecule has 1 aliphatic carbocycles. The molecule has 1 saturated carbocycles. The van der Waals surface area contributed by atoms with Crippen molar-refractivity contribution in [3.63, 3.8) is 0 Å². The van der Waals surface area contributed by atoms with Crippen LogP contribution in [0, 0.1) is 5.92 Å². The summed E-state index contributed by atoms with van der Waals surface area (Å²) in [5.74, 6) is 2.95. The Labute approximate surface area is 123 Å². The maximum Gasteiger partial charge on any atom is 0.227 e. The van der Waals surface area contributed by atoms with Gasteiger partial charge in [0.25, 0.3) is 0 Å². The molecule has 0 atom stereocenters. The van der Waals surface area contributed by atoms with Crippen LogP contribution in [0.4, 0.5) is 5.69 Å². The number of anilines is 1. The van der Waals surface area contributed by atoms with E-state index < -0.39 is 0 Å². The van der Waals surface area contributed by atoms with Gasteiger partial charge in [-0.2, -0.15) is 0 Å². The molecule has 0 unspecified atom stereocenters. The molecule has 1 heterocycles. The zero-order valence-electron chi connectivity index (χ0n) is 10.9. The van der Waals surface area contributed by atoms with Gasteiger partial charge in [0.1, 0.15) is 0 Å². The van der Waals surface area contributed by atoms with Gasteiger partial charge in [0.15, 0.2) is 0 Å². The van der Waals surface area contributed by atoms with E-state index in [4.69, 9.17) is 0 Å². The molecule has 102 valence electrons. The Morgan fingerprint density at radius 1 is 1.16 bits per heavy atom. The Morgan fingerprint density at radius 2 is 1.95 bits per heavy atom. The highest BCUT2D eigenvalue weighted by molar-refractivity contribution is 8.16. The molecule has 1 amide bonds. The van der Waals surface area contributed by atoms with Crippen molar-refractivity contribution < 1.29 is 4.79 Å². The Hall–Kier alpha value is -0.610. The molecule has 0 aromatic heterocycles. The predicted molar refractivity (Wildman–Crippen MR) is 84.7 cm³/mol. The summed E-state index contributed by atoms with van der Waals surface area (Å²) in [6.45, 7) is 0. The molecule has 1 aliphatic heterocycles. The van der Waals surface area contributed by atoms with Crippen LogP contribution in [0.2, 0.25) is 0 Å². The van der Waals surface area contributed by atoms with Crippen molar-refractivity contribution in [1.29, 1.82) is 0 Å². The standard InChI is InChI=1S/C15H19NOS2/c17-14(11-4-1-5-11)16-13-7-2-6-12(10-13)15-18-8-3-9-19-15/h2,6-7,10-11,15H,1,3-5,8-9H2,(H,16,17). The molecule has 1 aromatic rings. The van der Waals surface area contributed by atoms with Crippen molar-refractivity contribution in [2.45, 2.75) is 30.3 Å². The van der Waals surface area contributed by atoms with Crippen LogP contribution < -0.4 is 5.32 Å². The first kappa shape index (κ1) is 13.4. The molecule has 2 nitrogen and oxygen atoms in total. The molecule has 2 fully saturated rings. The SMILES string of the molecule is O=C(Nc1cccc(C2SCCCS2)c1)C1CCC1. The highest BCUT2D eigenvalue weighted by atomic mass is 32.2. The molecule has 2 aliphatic rings. The van der Waals surface area contributed by atoms with Crippen molar-refractivity contribution in [2.24, 2.45) is 5.92 Å². The van der Waals surface area contributed by atoms with E-state index in [0.717, 1.165) is 18.5 Å². The first-order valence-corrected chi connectivity index (χ1v) is 9.07. The van der Waals surface area contributed by atoms with E-state index in [2.05, 4.69) is 23.5 Å². The molecule has 1 N–H and O–H groups in total. The molecule has 4 heteroatoms. The van der Waals surface area contributed by atoms with E-state index in [-0.39, 0.29) is 11.8 Å².